The molecule has 1 aliphatic rings. The van der Waals surface area contributed by atoms with E-state index >= 15 is 0 Å². The number of aryl methyl sites for hydroxylation is 1. The van der Waals surface area contributed by atoms with Crippen molar-refractivity contribution in [1.82, 2.24) is 14.8 Å². The molecule has 1 heterocycles. The molecule has 0 saturated carbocycles. The van der Waals surface area contributed by atoms with Crippen LogP contribution in [0.2, 0.25) is 0 Å². The van der Waals surface area contributed by atoms with Gasteiger partial charge in [0.05, 0.1) is 0 Å². The van der Waals surface area contributed by atoms with Gasteiger partial charge >= 0.3 is 0 Å². The van der Waals surface area contributed by atoms with Crippen LogP contribution in [-0.4, -0.2) is 25.0 Å². The summed E-state index contributed by atoms with van der Waals surface area (Å²) < 4.78 is 1.58. The summed E-state index contributed by atoms with van der Waals surface area (Å²) in [5.41, 5.74) is 3.49. The highest BCUT2D eigenvalue weighted by atomic mass is 16.3. The Morgan fingerprint density at radius 1 is 1.29 bits per heavy atom. The van der Waals surface area contributed by atoms with Gasteiger partial charge in [0.2, 0.25) is 0 Å². The summed E-state index contributed by atoms with van der Waals surface area (Å²) >= 11 is 0. The summed E-state index contributed by atoms with van der Waals surface area (Å²) in [7, 11) is 1.78. The maximum Gasteiger partial charge on any atom is 0.181 e. The van der Waals surface area contributed by atoms with E-state index < -0.39 is 0 Å². The van der Waals surface area contributed by atoms with Gasteiger partial charge in [-0.2, -0.15) is 5.10 Å². The summed E-state index contributed by atoms with van der Waals surface area (Å²) in [6.07, 6.45) is 5.72. The molecular weight excluding hydrogens is 302 g/mol. The monoisotopic (exact) mass is 325 g/mol. The summed E-state index contributed by atoms with van der Waals surface area (Å²) in [4.78, 5) is 4.17. The fourth-order valence-electron chi connectivity index (χ4n) is 3.47. The molecule has 1 aliphatic carbocycles. The minimum Gasteiger partial charge on any atom is -0.507 e. The van der Waals surface area contributed by atoms with Crippen LogP contribution in [0.4, 0.5) is 0 Å². The first kappa shape index (κ1) is 16.3. The van der Waals surface area contributed by atoms with Crippen LogP contribution in [-0.2, 0) is 7.05 Å². The van der Waals surface area contributed by atoms with E-state index in [1.807, 2.05) is 6.92 Å². The van der Waals surface area contributed by atoms with E-state index in [4.69, 9.17) is 0 Å². The van der Waals surface area contributed by atoms with Crippen molar-refractivity contribution in [2.45, 2.75) is 32.6 Å². The van der Waals surface area contributed by atoms with Crippen LogP contribution in [0.25, 0.3) is 11.4 Å². The molecule has 0 saturated heterocycles. The minimum atomic E-state index is -0.0676. The molecule has 5 nitrogen and oxygen atoms in total. The number of hydrogen-bond acceptors (Lipinski definition) is 4. The van der Waals surface area contributed by atoms with Gasteiger partial charge in [-0.25, -0.2) is 4.98 Å². The quantitative estimate of drug-likeness (QED) is 0.839. The molecule has 0 spiro atoms. The average Bonchev–Trinajstić information content (AvgIpc) is 2.93. The van der Waals surface area contributed by atoms with Gasteiger partial charge in [-0.3, -0.25) is 4.68 Å². The van der Waals surface area contributed by atoms with E-state index in [0.717, 1.165) is 18.4 Å². The van der Waals surface area contributed by atoms with Gasteiger partial charge in [0.25, 0.3) is 0 Å². The van der Waals surface area contributed by atoms with E-state index in [9.17, 15) is 10.2 Å². The van der Waals surface area contributed by atoms with Crippen molar-refractivity contribution in [3.05, 3.63) is 47.8 Å². The fraction of sp³-hybridized carbons (Fsp3) is 0.368. The van der Waals surface area contributed by atoms with Crippen LogP contribution in [0.5, 0.6) is 11.5 Å². The molecule has 0 aliphatic heterocycles. The first-order valence-electron chi connectivity index (χ1n) is 8.11. The normalized spacial score (nSPS) is 20.7. The number of phenols is 2. The third-order valence-electron chi connectivity index (χ3n) is 4.71. The first-order chi connectivity index (χ1) is 11.4. The van der Waals surface area contributed by atoms with Gasteiger partial charge in [-0.15, -0.1) is 0 Å². The number of rotatable bonds is 3. The highest BCUT2D eigenvalue weighted by molar-refractivity contribution is 5.64. The molecule has 1 aromatic heterocycles. The fourth-order valence-corrected chi connectivity index (χ4v) is 3.47. The van der Waals surface area contributed by atoms with E-state index in [0.29, 0.717) is 17.0 Å². The molecule has 3 rings (SSSR count). The van der Waals surface area contributed by atoms with Crippen LogP contribution < -0.4 is 0 Å². The van der Waals surface area contributed by atoms with E-state index in [-0.39, 0.29) is 23.3 Å². The predicted molar refractivity (Wildman–Crippen MR) is 93.8 cm³/mol. The van der Waals surface area contributed by atoms with Gasteiger partial charge in [-0.05, 0) is 44.7 Å². The summed E-state index contributed by atoms with van der Waals surface area (Å²) in [6, 6.07) is 3.25. The number of allylic oxidation sites excluding steroid dienone is 3. The predicted octanol–water partition coefficient (Wildman–Crippen LogP) is 3.91. The Morgan fingerprint density at radius 2 is 1.96 bits per heavy atom. The number of aromatic nitrogens is 3. The largest absolute Gasteiger partial charge is 0.507 e. The molecule has 0 bridgehead atoms. The zero-order valence-corrected chi connectivity index (χ0v) is 14.3. The van der Waals surface area contributed by atoms with Gasteiger partial charge in [0.1, 0.15) is 17.8 Å². The van der Waals surface area contributed by atoms with Crippen LogP contribution in [0.15, 0.2) is 42.3 Å². The van der Waals surface area contributed by atoms with Crippen molar-refractivity contribution in [2.24, 2.45) is 13.0 Å². The highest BCUT2D eigenvalue weighted by Crippen LogP contribution is 2.47. The smallest absolute Gasteiger partial charge is 0.181 e. The second-order valence-electron chi connectivity index (χ2n) is 6.70. The molecule has 0 amide bonds. The van der Waals surface area contributed by atoms with Gasteiger partial charge < -0.3 is 10.2 Å². The molecule has 0 radical (unpaired) electrons. The van der Waals surface area contributed by atoms with Gasteiger partial charge in [0.15, 0.2) is 5.82 Å². The Balaban J connectivity index is 2.07. The number of hydrogen-bond donors (Lipinski definition) is 2. The van der Waals surface area contributed by atoms with Gasteiger partial charge in [0, 0.05) is 24.1 Å². The van der Waals surface area contributed by atoms with E-state index in [1.54, 1.807) is 30.2 Å². The molecule has 1 aromatic carbocycles. The maximum atomic E-state index is 10.6. The van der Waals surface area contributed by atoms with Crippen molar-refractivity contribution in [2.75, 3.05) is 0 Å². The van der Waals surface area contributed by atoms with Crippen molar-refractivity contribution < 1.29 is 10.2 Å². The summed E-state index contributed by atoms with van der Waals surface area (Å²) in [5, 5.41) is 25.4. The second kappa shape index (κ2) is 6.15. The Kier molecular flexibility index (Phi) is 4.18. The molecule has 24 heavy (non-hydrogen) atoms. The van der Waals surface area contributed by atoms with Gasteiger partial charge in [-0.1, -0.05) is 23.8 Å². The lowest BCUT2D eigenvalue weighted by Gasteiger charge is -2.31. The standard InChI is InChI=1S/C19H23N3O2/c1-11(2)14-6-5-12(3)7-15(14)18-16(23)8-13(9-17(18)24)19-20-10-22(4)21-19/h7-10,14-15,23-24H,1,5-6H2,2-4H3/t14-,15+/m0/s1. The number of aromatic hydroxyl groups is 2. The molecule has 126 valence electrons. The lowest BCUT2D eigenvalue weighted by atomic mass is 9.73. The van der Waals surface area contributed by atoms with E-state index in [2.05, 4.69) is 29.7 Å². The Morgan fingerprint density at radius 3 is 2.50 bits per heavy atom. The second-order valence-corrected chi connectivity index (χ2v) is 6.70. The summed E-state index contributed by atoms with van der Waals surface area (Å²) in [5.74, 6) is 0.757. The lowest BCUT2D eigenvalue weighted by Crippen LogP contribution is -2.17. The Hall–Kier alpha value is -2.56. The SMILES string of the molecule is C=C(C)[C@@H]1CCC(C)=C[C@H]1c1c(O)cc(-c2ncn(C)n2)cc1O. The van der Waals surface area contributed by atoms with Crippen molar-refractivity contribution >= 4 is 0 Å². The van der Waals surface area contributed by atoms with Crippen molar-refractivity contribution in [3.63, 3.8) is 0 Å². The maximum absolute atomic E-state index is 10.6. The lowest BCUT2D eigenvalue weighted by molar-refractivity contribution is 0.407. The number of phenolic OH excluding ortho intramolecular Hbond substituents is 2. The topological polar surface area (TPSA) is 71.2 Å². The number of nitrogens with zero attached hydrogens (tertiary/aromatic N) is 3. The van der Waals surface area contributed by atoms with Crippen LogP contribution in [0.1, 0.15) is 38.2 Å². The highest BCUT2D eigenvalue weighted by Gasteiger charge is 2.30. The Bertz CT molecular complexity index is 797. The third-order valence-corrected chi connectivity index (χ3v) is 4.71. The molecule has 2 atom stereocenters. The molecule has 2 N–H and O–H groups in total. The van der Waals surface area contributed by atoms with Crippen molar-refractivity contribution in [3.8, 4) is 22.9 Å². The molecule has 2 aromatic rings. The minimum absolute atomic E-state index is 0.0676. The van der Waals surface area contributed by atoms with Crippen LogP contribution in [0, 0.1) is 5.92 Å². The van der Waals surface area contributed by atoms with Crippen molar-refractivity contribution in [1.29, 1.82) is 0 Å². The summed E-state index contributed by atoms with van der Waals surface area (Å²) in [6.45, 7) is 8.18. The molecule has 0 unspecified atom stereocenters. The molecule has 0 fully saturated rings. The zero-order valence-electron chi connectivity index (χ0n) is 14.3. The average molecular weight is 325 g/mol. The van der Waals surface area contributed by atoms with Crippen LogP contribution >= 0.6 is 0 Å². The molecular formula is C19H23N3O2. The van der Waals surface area contributed by atoms with E-state index in [1.165, 1.54) is 5.57 Å². The molecule has 5 heteroatoms. The van der Waals surface area contributed by atoms with Crippen LogP contribution in [0.3, 0.4) is 0 Å². The third kappa shape index (κ3) is 2.94. The Labute approximate surface area is 142 Å². The zero-order chi connectivity index (χ0) is 17.4. The first-order valence-corrected chi connectivity index (χ1v) is 8.11. The number of benzene rings is 1.